The lowest BCUT2D eigenvalue weighted by Crippen LogP contribution is -2.46. The van der Waals surface area contributed by atoms with Crippen molar-refractivity contribution in [1.82, 2.24) is 25.7 Å². The number of rotatable bonds is 11. The lowest BCUT2D eigenvalue weighted by Gasteiger charge is -2.33. The van der Waals surface area contributed by atoms with Crippen LogP contribution in [0.3, 0.4) is 0 Å². The van der Waals surface area contributed by atoms with Crippen LogP contribution in [0.1, 0.15) is 45.1 Å². The number of hydrogen-bond donors (Lipinski definition) is 4. The molecule has 3 aromatic rings. The van der Waals surface area contributed by atoms with Crippen LogP contribution < -0.4 is 26.3 Å². The molecule has 1 aliphatic carbocycles. The largest absolute Gasteiger partial charge is 0.497 e. The van der Waals surface area contributed by atoms with E-state index in [9.17, 15) is 4.79 Å². The summed E-state index contributed by atoms with van der Waals surface area (Å²) in [6.07, 6.45) is 11.0. The van der Waals surface area contributed by atoms with E-state index in [4.69, 9.17) is 19.6 Å². The highest BCUT2D eigenvalue weighted by molar-refractivity contribution is 5.81. The number of hydroxylamine groups is 1. The molecule has 10 heteroatoms. The van der Waals surface area contributed by atoms with Crippen molar-refractivity contribution >= 4 is 34.3 Å². The summed E-state index contributed by atoms with van der Waals surface area (Å²) in [6, 6.07) is 14.0. The lowest BCUT2D eigenvalue weighted by molar-refractivity contribution is -0.123. The third-order valence-electron chi connectivity index (χ3n) is 7.46. The summed E-state index contributed by atoms with van der Waals surface area (Å²) in [4.78, 5) is 30.1. The molecule has 0 saturated carbocycles. The molecule has 1 amide bonds. The number of nitrogens with one attached hydrogen (secondary N) is 4. The summed E-state index contributed by atoms with van der Waals surface area (Å²) in [7, 11) is 1.65. The Hall–Kier alpha value is -4.15. The number of anilines is 3. The lowest BCUT2D eigenvalue weighted by atomic mass is 10.0. The van der Waals surface area contributed by atoms with Gasteiger partial charge in [0, 0.05) is 17.8 Å². The van der Waals surface area contributed by atoms with Crippen molar-refractivity contribution in [2.24, 2.45) is 0 Å². The number of allylic oxidation sites excluding steroid dienone is 1. The second kappa shape index (κ2) is 13.5. The van der Waals surface area contributed by atoms with E-state index in [-0.39, 0.29) is 11.9 Å². The Kier molecular flexibility index (Phi) is 9.33. The molecule has 5 rings (SSSR count). The van der Waals surface area contributed by atoms with Gasteiger partial charge in [0.05, 0.1) is 36.4 Å². The number of amides is 1. The van der Waals surface area contributed by atoms with Crippen LogP contribution >= 0.6 is 0 Å². The first-order valence-electron chi connectivity index (χ1n) is 14.3. The molecular weight excluding hydrogens is 518 g/mol. The zero-order chi connectivity index (χ0) is 28.6. The Morgan fingerprint density at radius 1 is 1.07 bits per heavy atom. The molecule has 0 bridgehead atoms. The minimum atomic E-state index is -0.114. The van der Waals surface area contributed by atoms with E-state index >= 15 is 0 Å². The predicted octanol–water partition coefficient (Wildman–Crippen LogP) is 5.00. The smallest absolute Gasteiger partial charge is 0.234 e. The van der Waals surface area contributed by atoms with Crippen molar-refractivity contribution in [3.05, 3.63) is 72.0 Å². The first-order valence-corrected chi connectivity index (χ1v) is 14.3. The highest BCUT2D eigenvalue weighted by atomic mass is 16.8. The highest BCUT2D eigenvalue weighted by Crippen LogP contribution is 2.28. The summed E-state index contributed by atoms with van der Waals surface area (Å²) >= 11 is 0. The van der Waals surface area contributed by atoms with Crippen LogP contribution in [0, 0.1) is 0 Å². The van der Waals surface area contributed by atoms with Gasteiger partial charge in [-0.1, -0.05) is 31.6 Å². The van der Waals surface area contributed by atoms with Gasteiger partial charge in [-0.15, -0.1) is 0 Å². The molecule has 4 N–H and O–H groups in total. The molecule has 2 aromatic carbocycles. The fourth-order valence-electron chi connectivity index (χ4n) is 5.16. The van der Waals surface area contributed by atoms with Gasteiger partial charge in [0.2, 0.25) is 5.91 Å². The molecule has 2 heterocycles. The number of methoxy groups -OCH3 is 1. The van der Waals surface area contributed by atoms with Crippen molar-refractivity contribution in [2.45, 2.75) is 58.0 Å². The highest BCUT2D eigenvalue weighted by Gasteiger charge is 2.22. The maximum Gasteiger partial charge on any atom is 0.234 e. The predicted molar refractivity (Wildman–Crippen MR) is 162 cm³/mol. The molecule has 1 aliphatic heterocycles. The van der Waals surface area contributed by atoms with Gasteiger partial charge in [0.25, 0.3) is 0 Å². The van der Waals surface area contributed by atoms with Gasteiger partial charge in [-0.05, 0) is 81.1 Å². The van der Waals surface area contributed by atoms with Gasteiger partial charge in [0.1, 0.15) is 5.75 Å². The summed E-state index contributed by atoms with van der Waals surface area (Å²) in [5.74, 6) is 1.72. The number of carbonyl (C=O) groups is 1. The van der Waals surface area contributed by atoms with Crippen molar-refractivity contribution < 1.29 is 14.5 Å². The number of benzene rings is 2. The fourth-order valence-corrected chi connectivity index (χ4v) is 5.16. The molecule has 1 saturated heterocycles. The maximum absolute atomic E-state index is 12.7. The van der Waals surface area contributed by atoms with Crippen molar-refractivity contribution in [3.8, 4) is 5.75 Å². The molecule has 216 valence electrons. The molecule has 2 aliphatic rings. The van der Waals surface area contributed by atoms with E-state index in [1.165, 1.54) is 6.42 Å². The number of carbonyl (C=O) groups excluding carboxylic acids is 1. The molecule has 10 nitrogen and oxygen atoms in total. The van der Waals surface area contributed by atoms with Crippen LogP contribution in [0.15, 0.2) is 66.4 Å². The number of nitrogens with zero attached hydrogens (tertiary/aromatic N) is 3. The number of piperidine rings is 1. The minimum Gasteiger partial charge on any atom is -0.497 e. The Labute approximate surface area is 241 Å². The van der Waals surface area contributed by atoms with Gasteiger partial charge in [0.15, 0.2) is 11.6 Å². The summed E-state index contributed by atoms with van der Waals surface area (Å²) in [5, 5.41) is 6.50. The van der Waals surface area contributed by atoms with Crippen LogP contribution in [0.25, 0.3) is 11.0 Å². The van der Waals surface area contributed by atoms with Gasteiger partial charge < -0.3 is 15.4 Å². The van der Waals surface area contributed by atoms with E-state index in [1.54, 1.807) is 7.11 Å². The molecule has 1 aromatic heterocycles. The first kappa shape index (κ1) is 28.4. The molecular formula is C31H39N7O3. The van der Waals surface area contributed by atoms with Crippen molar-refractivity contribution in [1.29, 1.82) is 0 Å². The molecule has 2 unspecified atom stereocenters. The van der Waals surface area contributed by atoms with Crippen LogP contribution in [0.4, 0.5) is 17.3 Å². The number of fused-ring (bicyclic) bond motifs is 1. The third-order valence-corrected chi connectivity index (χ3v) is 7.46. The standard InChI is InChI=1S/C31H39N7O3/c1-4-22-16-25(19-26(17-22)40-3)33-30-31(35-28-14-6-5-13-27(28)34-30)37-41-36-24-12-9-11-23(18-24)32-29(39)20-38-15-8-7-10-21(38)2/h5-6,9,12-14,16-19,21,23,36H,4,7-8,10-11,15,20H2,1-3H3,(H,32,39)(H,33,34)(H,35,37). The fraction of sp³-hybridized carbons (Fsp3) is 0.387. The second-order valence-corrected chi connectivity index (χ2v) is 10.5. The maximum atomic E-state index is 12.7. The minimum absolute atomic E-state index is 0.0413. The Bertz CT molecular complexity index is 1400. The van der Waals surface area contributed by atoms with Crippen LogP contribution in [0.2, 0.25) is 0 Å². The second-order valence-electron chi connectivity index (χ2n) is 10.5. The number of para-hydroxylation sites is 2. The number of hydrogen-bond acceptors (Lipinski definition) is 9. The monoisotopic (exact) mass is 557 g/mol. The average Bonchev–Trinajstić information content (AvgIpc) is 2.98. The van der Waals surface area contributed by atoms with Gasteiger partial charge >= 0.3 is 0 Å². The molecule has 0 radical (unpaired) electrons. The Morgan fingerprint density at radius 2 is 1.88 bits per heavy atom. The van der Waals surface area contributed by atoms with Crippen LogP contribution in [-0.4, -0.2) is 53.1 Å². The van der Waals surface area contributed by atoms with Gasteiger partial charge in [-0.25, -0.2) is 20.9 Å². The normalized spacial score (nSPS) is 19.0. The molecule has 0 spiro atoms. The zero-order valence-corrected chi connectivity index (χ0v) is 23.9. The SMILES string of the molecule is CCc1cc(Nc2nc3ccccc3nc2NONC2=CC(NC(=O)CN3CCCCC3C)CC=C2)cc(OC)c1. The van der Waals surface area contributed by atoms with E-state index in [1.807, 2.05) is 54.6 Å². The number of aromatic nitrogens is 2. The van der Waals surface area contributed by atoms with E-state index in [0.717, 1.165) is 66.0 Å². The Balaban J connectivity index is 1.24. The van der Waals surface area contributed by atoms with E-state index in [0.29, 0.717) is 24.2 Å². The van der Waals surface area contributed by atoms with Gasteiger partial charge in [-0.3, -0.25) is 9.69 Å². The number of ether oxygens (including phenoxy) is 1. The summed E-state index contributed by atoms with van der Waals surface area (Å²) in [6.45, 7) is 5.70. The third kappa shape index (κ3) is 7.53. The van der Waals surface area contributed by atoms with E-state index < -0.39 is 0 Å². The van der Waals surface area contributed by atoms with Crippen LogP contribution in [-0.2, 0) is 16.2 Å². The number of likely N-dealkylation sites (tertiary alicyclic amines) is 1. The van der Waals surface area contributed by atoms with Crippen molar-refractivity contribution in [2.75, 3.05) is 31.0 Å². The topological polar surface area (TPSA) is 113 Å². The summed E-state index contributed by atoms with van der Waals surface area (Å²) in [5.41, 5.74) is 9.99. The summed E-state index contributed by atoms with van der Waals surface area (Å²) < 4.78 is 5.48. The molecule has 1 fully saturated rings. The van der Waals surface area contributed by atoms with E-state index in [2.05, 4.69) is 46.4 Å². The quantitative estimate of drug-likeness (QED) is 0.242. The molecule has 2 atom stereocenters. The van der Waals surface area contributed by atoms with Crippen LogP contribution in [0.5, 0.6) is 5.75 Å². The Morgan fingerprint density at radius 3 is 2.63 bits per heavy atom. The number of aryl methyl sites for hydroxylation is 1. The first-order chi connectivity index (χ1) is 20.0. The van der Waals surface area contributed by atoms with Gasteiger partial charge in [-0.2, -0.15) is 4.94 Å². The zero-order valence-electron chi connectivity index (χ0n) is 23.9. The molecule has 41 heavy (non-hydrogen) atoms. The van der Waals surface area contributed by atoms with Crippen molar-refractivity contribution in [3.63, 3.8) is 0 Å². The average molecular weight is 558 g/mol.